The van der Waals surface area contributed by atoms with Crippen molar-refractivity contribution in [3.63, 3.8) is 0 Å². The summed E-state index contributed by atoms with van der Waals surface area (Å²) in [6, 6.07) is 0. The SMILES string of the molecule is CSc1ncc(C(F)(F)F)c(NCCCN2C=COC=CC2=O)n1. The molecule has 1 aromatic heterocycles. The Kier molecular flexibility index (Phi) is 6.07. The van der Waals surface area contributed by atoms with Gasteiger partial charge in [0.2, 0.25) is 0 Å². The van der Waals surface area contributed by atoms with Gasteiger partial charge >= 0.3 is 6.18 Å². The van der Waals surface area contributed by atoms with E-state index in [1.54, 1.807) is 6.26 Å². The number of hydrogen-bond donors (Lipinski definition) is 1. The Morgan fingerprint density at radius 1 is 1.38 bits per heavy atom. The van der Waals surface area contributed by atoms with Gasteiger partial charge in [-0.05, 0) is 12.7 Å². The second kappa shape index (κ2) is 8.04. The van der Waals surface area contributed by atoms with Crippen LogP contribution in [0.5, 0.6) is 0 Å². The third-order valence-electron chi connectivity index (χ3n) is 3.01. The van der Waals surface area contributed by atoms with Gasteiger partial charge in [-0.2, -0.15) is 13.2 Å². The lowest BCUT2D eigenvalue weighted by Gasteiger charge is -2.16. The normalized spacial score (nSPS) is 14.5. The van der Waals surface area contributed by atoms with Gasteiger partial charge in [-0.1, -0.05) is 11.8 Å². The van der Waals surface area contributed by atoms with Gasteiger partial charge in [0.05, 0.1) is 6.26 Å². The van der Waals surface area contributed by atoms with Crippen molar-refractivity contribution in [1.82, 2.24) is 14.9 Å². The van der Waals surface area contributed by atoms with Crippen molar-refractivity contribution in [1.29, 1.82) is 0 Å². The third-order valence-corrected chi connectivity index (χ3v) is 3.58. The van der Waals surface area contributed by atoms with Crippen LogP contribution >= 0.6 is 11.8 Å². The third kappa shape index (κ3) is 4.88. The number of nitrogens with zero attached hydrogens (tertiary/aromatic N) is 3. The van der Waals surface area contributed by atoms with E-state index in [0.29, 0.717) is 13.0 Å². The highest BCUT2D eigenvalue weighted by atomic mass is 32.2. The minimum Gasteiger partial charge on any atom is -0.471 e. The number of hydrogen-bond acceptors (Lipinski definition) is 6. The average Bonchev–Trinajstić information content (AvgIpc) is 2.75. The summed E-state index contributed by atoms with van der Waals surface area (Å²) in [6.45, 7) is 0.550. The molecule has 1 aromatic rings. The molecule has 0 saturated carbocycles. The number of ether oxygens (including phenoxy) is 1. The van der Waals surface area contributed by atoms with Crippen LogP contribution in [0.15, 0.2) is 36.2 Å². The summed E-state index contributed by atoms with van der Waals surface area (Å²) >= 11 is 1.15. The van der Waals surface area contributed by atoms with Crippen LogP contribution in [0.3, 0.4) is 0 Å². The van der Waals surface area contributed by atoms with Gasteiger partial charge in [0.25, 0.3) is 5.91 Å². The zero-order chi connectivity index (χ0) is 17.6. The Morgan fingerprint density at radius 3 is 2.88 bits per heavy atom. The molecule has 0 aliphatic carbocycles. The second-order valence-electron chi connectivity index (χ2n) is 4.65. The summed E-state index contributed by atoms with van der Waals surface area (Å²) in [5.41, 5.74) is -0.914. The lowest BCUT2D eigenvalue weighted by atomic mass is 10.3. The molecule has 6 nitrogen and oxygen atoms in total. The fourth-order valence-electron chi connectivity index (χ4n) is 1.87. The quantitative estimate of drug-likeness (QED) is 0.478. The maximum atomic E-state index is 13.0. The standard InChI is InChI=1S/C14H15F3N4O2S/c1-24-13-19-9-10(14(15,16)17)12(20-13)18-4-2-5-21-6-8-23-7-3-11(21)22/h3,6-9H,2,4-5H2,1H3,(H,18,19,20). The van der Waals surface area contributed by atoms with Crippen LogP contribution in [-0.2, 0) is 15.7 Å². The Balaban J connectivity index is 1.96. The van der Waals surface area contributed by atoms with Crippen molar-refractivity contribution in [3.8, 4) is 0 Å². The fraction of sp³-hybridized carbons (Fsp3) is 0.357. The molecule has 1 amide bonds. The Bertz CT molecular complexity index is 649. The first-order valence-corrected chi connectivity index (χ1v) is 8.15. The fourth-order valence-corrected chi connectivity index (χ4v) is 2.21. The molecule has 2 rings (SSSR count). The number of thioether (sulfide) groups is 1. The van der Waals surface area contributed by atoms with Crippen LogP contribution in [0.2, 0.25) is 0 Å². The summed E-state index contributed by atoms with van der Waals surface area (Å²) in [7, 11) is 0. The predicted octanol–water partition coefficient (Wildman–Crippen LogP) is 2.86. The molecule has 24 heavy (non-hydrogen) atoms. The lowest BCUT2D eigenvalue weighted by Crippen LogP contribution is -2.26. The second-order valence-corrected chi connectivity index (χ2v) is 5.43. The number of anilines is 1. The van der Waals surface area contributed by atoms with Gasteiger partial charge in [0, 0.05) is 31.6 Å². The largest absolute Gasteiger partial charge is 0.471 e. The Labute approximate surface area is 140 Å². The minimum absolute atomic E-state index is 0.218. The number of aromatic nitrogens is 2. The Hall–Kier alpha value is -2.23. The number of halogens is 3. The van der Waals surface area contributed by atoms with Crippen molar-refractivity contribution < 1.29 is 22.7 Å². The monoisotopic (exact) mass is 360 g/mol. The van der Waals surface area contributed by atoms with Crippen molar-refractivity contribution in [2.75, 3.05) is 24.7 Å². The maximum absolute atomic E-state index is 13.0. The van der Waals surface area contributed by atoms with E-state index >= 15 is 0 Å². The number of alkyl halides is 3. The number of rotatable bonds is 6. The van der Waals surface area contributed by atoms with Crippen LogP contribution < -0.4 is 5.32 Å². The van der Waals surface area contributed by atoms with E-state index in [4.69, 9.17) is 4.74 Å². The zero-order valence-corrected chi connectivity index (χ0v) is 13.5. The van der Waals surface area contributed by atoms with Crippen molar-refractivity contribution in [2.45, 2.75) is 17.8 Å². The summed E-state index contributed by atoms with van der Waals surface area (Å²) in [4.78, 5) is 20.6. The molecule has 1 aliphatic rings. The number of amides is 1. The topological polar surface area (TPSA) is 67.3 Å². The minimum atomic E-state index is -4.54. The first kappa shape index (κ1) is 18.1. The van der Waals surface area contributed by atoms with Crippen LogP contribution in [0.25, 0.3) is 0 Å². The van der Waals surface area contributed by atoms with Crippen LogP contribution in [0.4, 0.5) is 19.0 Å². The van der Waals surface area contributed by atoms with Crippen molar-refractivity contribution in [3.05, 3.63) is 36.6 Å². The molecule has 0 aromatic carbocycles. The highest BCUT2D eigenvalue weighted by Gasteiger charge is 2.35. The number of carbonyl (C=O) groups is 1. The first-order chi connectivity index (χ1) is 11.4. The summed E-state index contributed by atoms with van der Waals surface area (Å²) < 4.78 is 43.8. The summed E-state index contributed by atoms with van der Waals surface area (Å²) in [5.74, 6) is -0.519. The van der Waals surface area contributed by atoms with E-state index in [1.807, 2.05) is 0 Å². The van der Waals surface area contributed by atoms with Crippen LogP contribution in [0.1, 0.15) is 12.0 Å². The molecule has 0 saturated heterocycles. The van der Waals surface area contributed by atoms with E-state index in [0.717, 1.165) is 18.0 Å². The Morgan fingerprint density at radius 2 is 2.17 bits per heavy atom. The molecule has 0 spiro atoms. The predicted molar refractivity (Wildman–Crippen MR) is 83.0 cm³/mol. The van der Waals surface area contributed by atoms with Crippen molar-refractivity contribution >= 4 is 23.5 Å². The summed E-state index contributed by atoms with van der Waals surface area (Å²) in [6.07, 6.45) is 3.70. The van der Waals surface area contributed by atoms with E-state index < -0.39 is 11.7 Å². The lowest BCUT2D eigenvalue weighted by molar-refractivity contribution is -0.137. The van der Waals surface area contributed by atoms with E-state index in [9.17, 15) is 18.0 Å². The van der Waals surface area contributed by atoms with Crippen LogP contribution in [0, 0.1) is 0 Å². The molecule has 10 heteroatoms. The molecule has 2 heterocycles. The smallest absolute Gasteiger partial charge is 0.421 e. The van der Waals surface area contributed by atoms with Gasteiger partial charge in [-0.15, -0.1) is 0 Å². The maximum Gasteiger partial charge on any atom is 0.421 e. The molecule has 1 N–H and O–H groups in total. The van der Waals surface area contributed by atoms with Crippen LogP contribution in [-0.4, -0.2) is 40.1 Å². The average molecular weight is 360 g/mol. The molecule has 0 radical (unpaired) electrons. The van der Waals surface area contributed by atoms with Gasteiger partial charge < -0.3 is 15.0 Å². The van der Waals surface area contributed by atoms with Gasteiger partial charge in [0.15, 0.2) is 5.16 Å². The molecule has 0 atom stereocenters. The first-order valence-electron chi connectivity index (χ1n) is 6.93. The van der Waals surface area contributed by atoms with Gasteiger partial charge in [0.1, 0.15) is 17.6 Å². The highest BCUT2D eigenvalue weighted by molar-refractivity contribution is 7.98. The van der Waals surface area contributed by atoms with E-state index in [2.05, 4.69) is 15.3 Å². The molecule has 130 valence electrons. The zero-order valence-electron chi connectivity index (χ0n) is 12.7. The number of nitrogens with one attached hydrogen (secondary N) is 1. The molecular weight excluding hydrogens is 345 g/mol. The van der Waals surface area contributed by atoms with Gasteiger partial charge in [-0.3, -0.25) is 4.79 Å². The molecular formula is C14H15F3N4O2S. The molecule has 1 aliphatic heterocycles. The highest BCUT2D eigenvalue weighted by Crippen LogP contribution is 2.33. The molecule has 0 bridgehead atoms. The van der Waals surface area contributed by atoms with E-state index in [1.165, 1.54) is 29.7 Å². The summed E-state index contributed by atoms with van der Waals surface area (Å²) in [5, 5.41) is 2.92. The van der Waals surface area contributed by atoms with Crippen molar-refractivity contribution in [2.24, 2.45) is 0 Å². The van der Waals surface area contributed by atoms with E-state index in [-0.39, 0.29) is 23.4 Å². The van der Waals surface area contributed by atoms with Gasteiger partial charge in [-0.25, -0.2) is 9.97 Å². The molecule has 0 fully saturated rings. The molecule has 0 unspecified atom stereocenters. The number of carbonyl (C=O) groups excluding carboxylic acids is 1.